The van der Waals surface area contributed by atoms with Crippen molar-refractivity contribution < 1.29 is 28.9 Å². The van der Waals surface area contributed by atoms with Crippen molar-refractivity contribution in [3.63, 3.8) is 0 Å². The number of hydrogen-bond donors (Lipinski definition) is 2. The molecule has 5 rings (SSSR count). The Labute approximate surface area is 231 Å². The van der Waals surface area contributed by atoms with Crippen LogP contribution < -0.4 is 19.1 Å². The third kappa shape index (κ3) is 4.41. The number of carbonyl (C=O) groups is 2. The summed E-state index contributed by atoms with van der Waals surface area (Å²) in [4.78, 5) is 40.4. The van der Waals surface area contributed by atoms with E-state index in [1.54, 1.807) is 48.8 Å². The Bertz CT molecular complexity index is 1610. The van der Waals surface area contributed by atoms with Crippen LogP contribution in [0.3, 0.4) is 0 Å². The summed E-state index contributed by atoms with van der Waals surface area (Å²) < 4.78 is 16.3. The molecule has 0 bridgehead atoms. The van der Waals surface area contributed by atoms with E-state index in [0.717, 1.165) is 5.56 Å². The number of benzene rings is 2. The number of fused-ring (bicyclic) bond motifs is 1. The summed E-state index contributed by atoms with van der Waals surface area (Å²) in [7, 11) is 4.52. The van der Waals surface area contributed by atoms with E-state index in [9.17, 15) is 14.7 Å². The van der Waals surface area contributed by atoms with Gasteiger partial charge in [0, 0.05) is 24.5 Å². The molecule has 0 aliphatic carbocycles. The second-order valence-corrected chi connectivity index (χ2v) is 10.4. The van der Waals surface area contributed by atoms with Crippen LogP contribution in [0.2, 0.25) is 0 Å². The molecule has 0 radical (unpaired) electrons. The van der Waals surface area contributed by atoms with Gasteiger partial charge in [-0.15, -0.1) is 0 Å². The molecule has 1 atom stereocenters. The number of aliphatic hydroxyl groups is 1. The number of rotatable bonds is 6. The molecule has 1 saturated heterocycles. The van der Waals surface area contributed by atoms with Gasteiger partial charge in [0.25, 0.3) is 5.78 Å². The van der Waals surface area contributed by atoms with Gasteiger partial charge in [0.05, 0.1) is 49.5 Å². The zero-order valence-corrected chi connectivity index (χ0v) is 23.1. The average molecular weight is 543 g/mol. The number of nitrogens with zero attached hydrogens (tertiary/aromatic N) is 3. The Morgan fingerprint density at radius 3 is 2.30 bits per heavy atom. The fourth-order valence-electron chi connectivity index (χ4n) is 4.85. The topological polar surface area (TPSA) is 127 Å². The lowest BCUT2D eigenvalue weighted by Crippen LogP contribution is -2.30. The van der Waals surface area contributed by atoms with E-state index >= 15 is 0 Å². The second kappa shape index (κ2) is 10.0. The first-order valence-electron chi connectivity index (χ1n) is 12.6. The second-order valence-electron chi connectivity index (χ2n) is 10.4. The molecule has 1 unspecified atom stereocenters. The number of aromatic amines is 1. The summed E-state index contributed by atoms with van der Waals surface area (Å²) in [5.74, 6) is -0.631. The molecule has 0 spiro atoms. The molecule has 40 heavy (non-hydrogen) atoms. The number of Topliss-reactive ketones (excluding diaryl/α,β-unsaturated/α-hetero) is 1. The number of imidazole rings is 1. The molecule has 2 aromatic heterocycles. The number of ketones is 1. The molecule has 2 N–H and O–H groups in total. The number of H-pyrrole nitrogens is 1. The predicted molar refractivity (Wildman–Crippen MR) is 150 cm³/mol. The zero-order chi connectivity index (χ0) is 28.8. The molecule has 0 saturated carbocycles. The Balaban J connectivity index is 1.74. The number of anilines is 1. The van der Waals surface area contributed by atoms with Crippen LogP contribution in [-0.2, 0) is 15.0 Å². The van der Waals surface area contributed by atoms with E-state index in [-0.39, 0.29) is 22.7 Å². The van der Waals surface area contributed by atoms with Gasteiger partial charge in [-0.3, -0.25) is 19.5 Å². The lowest BCUT2D eigenvalue weighted by Gasteiger charge is -2.24. The Hall–Kier alpha value is -4.86. The van der Waals surface area contributed by atoms with Crippen molar-refractivity contribution in [3.8, 4) is 17.2 Å². The minimum absolute atomic E-state index is 0.0991. The van der Waals surface area contributed by atoms with Gasteiger partial charge in [0.1, 0.15) is 11.5 Å². The lowest BCUT2D eigenvalue weighted by molar-refractivity contribution is -0.132. The van der Waals surface area contributed by atoms with E-state index in [4.69, 9.17) is 14.2 Å². The highest BCUT2D eigenvalue weighted by molar-refractivity contribution is 6.51. The van der Waals surface area contributed by atoms with Crippen molar-refractivity contribution in [1.82, 2.24) is 15.0 Å². The van der Waals surface area contributed by atoms with Gasteiger partial charge in [-0.05, 0) is 34.7 Å². The normalized spacial score (nSPS) is 16.9. The number of aromatic nitrogens is 3. The van der Waals surface area contributed by atoms with Gasteiger partial charge in [-0.25, -0.2) is 4.98 Å². The van der Waals surface area contributed by atoms with Crippen molar-refractivity contribution in [2.45, 2.75) is 32.2 Å². The summed E-state index contributed by atoms with van der Waals surface area (Å²) in [5.41, 5.74) is 2.47. The van der Waals surface area contributed by atoms with E-state index in [0.29, 0.717) is 39.4 Å². The van der Waals surface area contributed by atoms with Crippen LogP contribution in [0.5, 0.6) is 17.2 Å². The first-order valence-corrected chi connectivity index (χ1v) is 12.6. The van der Waals surface area contributed by atoms with Gasteiger partial charge < -0.3 is 24.3 Å². The van der Waals surface area contributed by atoms with E-state index < -0.39 is 17.7 Å². The Morgan fingerprint density at radius 1 is 0.975 bits per heavy atom. The minimum atomic E-state index is -1.01. The SMILES string of the molecule is COc1cc2nc(N3C(=O)C(=O)/C(=C(/O)c4cc(C(C)(C)C)ccc4OC)C3c3cccnc3)[nH]c2cc1OC. The summed E-state index contributed by atoms with van der Waals surface area (Å²) in [6.45, 7) is 6.12. The number of ether oxygens (including phenoxy) is 3. The molecule has 10 nitrogen and oxygen atoms in total. The van der Waals surface area contributed by atoms with Crippen LogP contribution in [0, 0.1) is 0 Å². The predicted octanol–water partition coefficient (Wildman–Crippen LogP) is 4.91. The highest BCUT2D eigenvalue weighted by Crippen LogP contribution is 2.44. The molecule has 4 aromatic rings. The largest absolute Gasteiger partial charge is 0.507 e. The molecular weight excluding hydrogens is 512 g/mol. The van der Waals surface area contributed by atoms with Crippen LogP contribution in [0.1, 0.15) is 43.5 Å². The molecule has 10 heteroatoms. The summed E-state index contributed by atoms with van der Waals surface area (Å²) >= 11 is 0. The molecule has 206 valence electrons. The maximum atomic E-state index is 13.6. The lowest BCUT2D eigenvalue weighted by atomic mass is 9.85. The average Bonchev–Trinajstić information content (AvgIpc) is 3.48. The van der Waals surface area contributed by atoms with Crippen LogP contribution in [0.25, 0.3) is 16.8 Å². The van der Waals surface area contributed by atoms with Crippen LogP contribution >= 0.6 is 0 Å². The first-order chi connectivity index (χ1) is 19.1. The van der Waals surface area contributed by atoms with Crippen LogP contribution in [0.15, 0.2) is 60.4 Å². The number of methoxy groups -OCH3 is 3. The first kappa shape index (κ1) is 26.7. The number of pyridine rings is 1. The smallest absolute Gasteiger partial charge is 0.302 e. The quantitative estimate of drug-likeness (QED) is 0.200. The fraction of sp³-hybridized carbons (Fsp3) is 0.267. The zero-order valence-electron chi connectivity index (χ0n) is 23.1. The molecule has 2 aromatic carbocycles. The van der Waals surface area contributed by atoms with Gasteiger partial charge in [0.2, 0.25) is 5.95 Å². The highest BCUT2D eigenvalue weighted by atomic mass is 16.5. The van der Waals surface area contributed by atoms with Crippen molar-refractivity contribution in [1.29, 1.82) is 0 Å². The van der Waals surface area contributed by atoms with Gasteiger partial charge >= 0.3 is 5.91 Å². The third-order valence-corrected chi connectivity index (χ3v) is 6.97. The van der Waals surface area contributed by atoms with E-state index in [1.165, 1.54) is 26.2 Å². The van der Waals surface area contributed by atoms with Crippen LogP contribution in [0.4, 0.5) is 5.95 Å². The molecule has 3 heterocycles. The number of nitrogens with one attached hydrogen (secondary N) is 1. The number of aliphatic hydroxyl groups excluding tert-OH is 1. The van der Waals surface area contributed by atoms with Crippen molar-refractivity contribution in [2.75, 3.05) is 26.2 Å². The van der Waals surface area contributed by atoms with Crippen molar-refractivity contribution in [2.24, 2.45) is 0 Å². The molecule has 1 aliphatic heterocycles. The maximum absolute atomic E-state index is 13.6. The molecule has 1 fully saturated rings. The fourth-order valence-corrected chi connectivity index (χ4v) is 4.85. The Kier molecular flexibility index (Phi) is 6.70. The van der Waals surface area contributed by atoms with E-state index in [1.807, 2.05) is 26.8 Å². The summed E-state index contributed by atoms with van der Waals surface area (Å²) in [5, 5.41) is 11.7. The molecule has 1 aliphatic rings. The number of carbonyl (C=O) groups excluding carboxylic acids is 2. The maximum Gasteiger partial charge on any atom is 0.302 e. The molecular formula is C30H30N4O6. The number of amides is 1. The van der Waals surface area contributed by atoms with Gasteiger partial charge in [-0.2, -0.15) is 0 Å². The number of hydrogen-bond acceptors (Lipinski definition) is 8. The Morgan fingerprint density at radius 2 is 1.68 bits per heavy atom. The van der Waals surface area contributed by atoms with Crippen molar-refractivity contribution in [3.05, 3.63) is 77.1 Å². The van der Waals surface area contributed by atoms with E-state index in [2.05, 4.69) is 15.0 Å². The van der Waals surface area contributed by atoms with Crippen molar-refractivity contribution >= 4 is 34.4 Å². The highest BCUT2D eigenvalue weighted by Gasteiger charge is 2.48. The van der Waals surface area contributed by atoms with Crippen LogP contribution in [-0.4, -0.2) is 53.1 Å². The minimum Gasteiger partial charge on any atom is -0.507 e. The summed E-state index contributed by atoms with van der Waals surface area (Å²) in [6, 6.07) is 11.2. The third-order valence-electron chi connectivity index (χ3n) is 6.97. The summed E-state index contributed by atoms with van der Waals surface area (Å²) in [6.07, 6.45) is 3.14. The van der Waals surface area contributed by atoms with Gasteiger partial charge in [-0.1, -0.05) is 32.9 Å². The standard InChI is InChI=1S/C30H30N4O6/c1-30(2,3)17-9-10-21(38-4)18(12-17)26(35)24-25(16-8-7-11-31-15-16)34(28(37)27(24)36)29-32-19-13-22(39-5)23(40-6)14-20(19)33-29/h7-15,25,35H,1-6H3,(H,32,33)/b26-24+. The molecule has 1 amide bonds. The monoisotopic (exact) mass is 542 g/mol. The van der Waals surface area contributed by atoms with Gasteiger partial charge in [0.15, 0.2) is 11.5 Å².